The van der Waals surface area contributed by atoms with Crippen LogP contribution in [-0.2, 0) is 0 Å². The highest BCUT2D eigenvalue weighted by Gasteiger charge is 2.25. The summed E-state index contributed by atoms with van der Waals surface area (Å²) in [6, 6.07) is 92.2. The molecule has 1 heterocycles. The van der Waals surface area contributed by atoms with Crippen molar-refractivity contribution in [3.05, 3.63) is 255 Å². The van der Waals surface area contributed by atoms with Crippen molar-refractivity contribution in [2.75, 3.05) is 4.90 Å². The fourth-order valence-corrected chi connectivity index (χ4v) is 9.00. The molecule has 0 spiro atoms. The zero-order valence-corrected chi connectivity index (χ0v) is 34.1. The molecular weight excluding hydrogens is 749 g/mol. The van der Waals surface area contributed by atoms with Crippen LogP contribution < -0.4 is 4.90 Å². The largest absolute Gasteiger partial charge is 0.309 e. The summed E-state index contributed by atoms with van der Waals surface area (Å²) in [5.74, 6) is 0. The van der Waals surface area contributed by atoms with Gasteiger partial charge in [0, 0.05) is 39.0 Å². The van der Waals surface area contributed by atoms with Gasteiger partial charge in [-0.3, -0.25) is 0 Å². The molecular formula is C60H42N2. The Bertz CT molecular complexity index is 3220. The zero-order chi connectivity index (χ0) is 41.2. The average molecular weight is 791 g/mol. The molecule has 0 saturated heterocycles. The first-order valence-corrected chi connectivity index (χ1v) is 21.3. The Kier molecular flexibility index (Phi) is 9.57. The van der Waals surface area contributed by atoms with Crippen molar-refractivity contribution in [3.63, 3.8) is 0 Å². The summed E-state index contributed by atoms with van der Waals surface area (Å²) in [6.07, 6.45) is 0. The highest BCUT2D eigenvalue weighted by atomic mass is 15.1. The predicted octanol–water partition coefficient (Wildman–Crippen LogP) is 16.6. The fourth-order valence-electron chi connectivity index (χ4n) is 9.00. The van der Waals surface area contributed by atoms with Gasteiger partial charge in [-0.05, 0) is 99.1 Å². The molecule has 0 fully saturated rings. The minimum absolute atomic E-state index is 1.07. The van der Waals surface area contributed by atoms with Crippen molar-refractivity contribution in [2.24, 2.45) is 0 Å². The summed E-state index contributed by atoms with van der Waals surface area (Å²) < 4.78 is 2.41. The second-order valence-electron chi connectivity index (χ2n) is 15.7. The molecule has 0 aliphatic carbocycles. The van der Waals surface area contributed by atoms with Gasteiger partial charge in [-0.2, -0.15) is 0 Å². The van der Waals surface area contributed by atoms with Crippen LogP contribution in [0.15, 0.2) is 255 Å². The van der Waals surface area contributed by atoms with Crippen LogP contribution >= 0.6 is 0 Å². The minimum Gasteiger partial charge on any atom is -0.309 e. The van der Waals surface area contributed by atoms with E-state index in [0.717, 1.165) is 50.5 Å². The number of hydrogen-bond acceptors (Lipinski definition) is 1. The van der Waals surface area contributed by atoms with E-state index in [0.29, 0.717) is 0 Å². The molecule has 11 aromatic rings. The Balaban J connectivity index is 1.17. The maximum absolute atomic E-state index is 2.48. The molecule has 2 heteroatoms. The minimum atomic E-state index is 1.07. The number of para-hydroxylation sites is 2. The van der Waals surface area contributed by atoms with Crippen LogP contribution in [0.5, 0.6) is 0 Å². The lowest BCUT2D eigenvalue weighted by Crippen LogP contribution is -2.13. The summed E-state index contributed by atoms with van der Waals surface area (Å²) in [5, 5.41) is 2.45. The van der Waals surface area contributed by atoms with Gasteiger partial charge < -0.3 is 9.47 Å². The van der Waals surface area contributed by atoms with Crippen molar-refractivity contribution < 1.29 is 0 Å². The second-order valence-corrected chi connectivity index (χ2v) is 15.7. The van der Waals surface area contributed by atoms with Crippen molar-refractivity contribution in [1.29, 1.82) is 0 Å². The highest BCUT2D eigenvalue weighted by Crippen LogP contribution is 2.50. The highest BCUT2D eigenvalue weighted by molar-refractivity contribution is 6.11. The van der Waals surface area contributed by atoms with Gasteiger partial charge in [0.05, 0.1) is 16.7 Å². The molecule has 2 nitrogen and oxygen atoms in total. The van der Waals surface area contributed by atoms with Crippen molar-refractivity contribution in [3.8, 4) is 61.3 Å². The van der Waals surface area contributed by atoms with E-state index >= 15 is 0 Å². The average Bonchev–Trinajstić information content (AvgIpc) is 3.69. The van der Waals surface area contributed by atoms with E-state index in [4.69, 9.17) is 0 Å². The Morgan fingerprint density at radius 1 is 0.258 bits per heavy atom. The van der Waals surface area contributed by atoms with Gasteiger partial charge >= 0.3 is 0 Å². The van der Waals surface area contributed by atoms with E-state index in [9.17, 15) is 0 Å². The second kappa shape index (κ2) is 16.1. The Morgan fingerprint density at radius 2 is 0.645 bits per heavy atom. The van der Waals surface area contributed by atoms with Gasteiger partial charge in [0.15, 0.2) is 0 Å². The van der Waals surface area contributed by atoms with Crippen LogP contribution in [0.25, 0.3) is 83.1 Å². The van der Waals surface area contributed by atoms with E-state index < -0.39 is 0 Å². The molecule has 10 aromatic carbocycles. The molecule has 0 radical (unpaired) electrons. The maximum Gasteiger partial charge on any atom is 0.0618 e. The van der Waals surface area contributed by atoms with Gasteiger partial charge in [-0.1, -0.05) is 200 Å². The van der Waals surface area contributed by atoms with Crippen LogP contribution in [0.1, 0.15) is 0 Å². The quantitative estimate of drug-likeness (QED) is 0.141. The van der Waals surface area contributed by atoms with E-state index in [2.05, 4.69) is 264 Å². The van der Waals surface area contributed by atoms with Crippen LogP contribution in [0.4, 0.5) is 17.1 Å². The Morgan fingerprint density at radius 3 is 1.18 bits per heavy atom. The van der Waals surface area contributed by atoms with Crippen LogP contribution in [0.3, 0.4) is 0 Å². The third-order valence-corrected chi connectivity index (χ3v) is 12.0. The smallest absolute Gasteiger partial charge is 0.0618 e. The SMILES string of the molecule is c1ccc(-c2ccc(-c3ccc(N(c4ccc5c6ccccc6n(-c6ccccc6)c5c4)c4c(-c5ccccc5)cc(-c5ccccc5)cc4-c4ccccc4)cc3)cc2)cc1. The van der Waals surface area contributed by atoms with E-state index in [1.54, 1.807) is 0 Å². The van der Waals surface area contributed by atoms with Crippen molar-refractivity contribution >= 4 is 38.9 Å². The molecule has 0 N–H and O–H groups in total. The molecule has 62 heavy (non-hydrogen) atoms. The summed E-state index contributed by atoms with van der Waals surface area (Å²) in [7, 11) is 0. The number of nitrogens with zero attached hydrogens (tertiary/aromatic N) is 2. The molecule has 0 atom stereocenters. The zero-order valence-electron chi connectivity index (χ0n) is 34.1. The summed E-state index contributed by atoms with van der Waals surface area (Å²) in [4.78, 5) is 2.48. The van der Waals surface area contributed by atoms with Crippen LogP contribution in [0, 0.1) is 0 Å². The van der Waals surface area contributed by atoms with Crippen LogP contribution in [-0.4, -0.2) is 4.57 Å². The third kappa shape index (κ3) is 6.84. The monoisotopic (exact) mass is 790 g/mol. The molecule has 11 rings (SSSR count). The van der Waals surface area contributed by atoms with E-state index in [-0.39, 0.29) is 0 Å². The lowest BCUT2D eigenvalue weighted by molar-refractivity contribution is 1.18. The van der Waals surface area contributed by atoms with Gasteiger partial charge in [0.2, 0.25) is 0 Å². The molecule has 0 bridgehead atoms. The number of anilines is 3. The first kappa shape index (κ1) is 36.8. The third-order valence-electron chi connectivity index (χ3n) is 12.0. The van der Waals surface area contributed by atoms with Crippen molar-refractivity contribution in [2.45, 2.75) is 0 Å². The topological polar surface area (TPSA) is 8.17 Å². The molecule has 0 saturated carbocycles. The molecule has 0 unspecified atom stereocenters. The number of hydrogen-bond donors (Lipinski definition) is 0. The van der Waals surface area contributed by atoms with Gasteiger partial charge in [0.1, 0.15) is 0 Å². The van der Waals surface area contributed by atoms with E-state index in [1.807, 2.05) is 0 Å². The predicted molar refractivity (Wildman–Crippen MR) is 263 cm³/mol. The summed E-state index contributed by atoms with van der Waals surface area (Å²) in [6.45, 7) is 0. The molecule has 1 aromatic heterocycles. The van der Waals surface area contributed by atoms with Gasteiger partial charge in [-0.15, -0.1) is 0 Å². The van der Waals surface area contributed by atoms with Gasteiger partial charge in [-0.25, -0.2) is 0 Å². The Labute approximate surface area is 362 Å². The Hall–Kier alpha value is -8.20. The van der Waals surface area contributed by atoms with Crippen LogP contribution in [0.2, 0.25) is 0 Å². The first-order valence-electron chi connectivity index (χ1n) is 21.3. The standard InChI is InChI=1S/C60H42N2/c1-6-18-43(19-7-1)45-30-32-46(33-31-45)47-34-36-52(37-35-47)61(53-38-39-55-54-28-16-17-29-58(54)62(59(55)42-53)51-26-14-5-15-27-51)60-56(48-22-10-3-11-23-48)40-50(44-20-8-2-9-21-44)41-57(60)49-24-12-4-13-25-49/h1-42H. The van der Waals surface area contributed by atoms with Crippen molar-refractivity contribution in [1.82, 2.24) is 4.57 Å². The molecule has 0 amide bonds. The lowest BCUT2D eigenvalue weighted by atomic mass is 9.89. The number of benzene rings is 10. The normalized spacial score (nSPS) is 11.2. The lowest BCUT2D eigenvalue weighted by Gasteiger charge is -2.31. The summed E-state index contributed by atoms with van der Waals surface area (Å²) >= 11 is 0. The fraction of sp³-hybridized carbons (Fsp3) is 0. The number of rotatable bonds is 9. The molecule has 292 valence electrons. The molecule has 0 aliphatic rings. The summed E-state index contributed by atoms with van der Waals surface area (Å²) in [5.41, 5.74) is 18.4. The van der Waals surface area contributed by atoms with Gasteiger partial charge in [0.25, 0.3) is 0 Å². The first-order chi connectivity index (χ1) is 30.8. The molecule has 0 aliphatic heterocycles. The van der Waals surface area contributed by atoms with E-state index in [1.165, 1.54) is 49.7 Å². The maximum atomic E-state index is 2.48. The number of fused-ring (bicyclic) bond motifs is 3. The number of aromatic nitrogens is 1.